The molecular formula is C26H28F3N5O6S. The number of amides is 1. The summed E-state index contributed by atoms with van der Waals surface area (Å²) in [5.41, 5.74) is 13.3. The Morgan fingerprint density at radius 3 is 2.37 bits per heavy atom. The van der Waals surface area contributed by atoms with Crippen LogP contribution in [0.1, 0.15) is 17.5 Å². The molecule has 220 valence electrons. The number of nitrogen functional groups attached to an aromatic ring is 2. The highest BCUT2D eigenvalue weighted by molar-refractivity contribution is 7.89. The van der Waals surface area contributed by atoms with Crippen LogP contribution < -0.4 is 16.2 Å². The van der Waals surface area contributed by atoms with E-state index in [9.17, 15) is 26.4 Å². The summed E-state index contributed by atoms with van der Waals surface area (Å²) in [6.07, 6.45) is -4.72. The molecule has 1 fully saturated rings. The Labute approximate surface area is 233 Å². The summed E-state index contributed by atoms with van der Waals surface area (Å²) < 4.78 is 64.9. The molecule has 0 saturated carbocycles. The number of carbonyl (C=O) groups is 2. The Morgan fingerprint density at radius 1 is 1.15 bits per heavy atom. The molecule has 0 aliphatic carbocycles. The number of anilines is 1. The zero-order chi connectivity index (χ0) is 30.7. The van der Waals surface area contributed by atoms with Crippen LogP contribution in [0.5, 0.6) is 5.75 Å². The average molecular weight is 596 g/mol. The van der Waals surface area contributed by atoms with Crippen LogP contribution in [0.4, 0.5) is 18.9 Å². The number of rotatable bonds is 7. The van der Waals surface area contributed by atoms with E-state index in [1.807, 2.05) is 12.1 Å². The van der Waals surface area contributed by atoms with E-state index in [1.165, 1.54) is 7.05 Å². The number of aliphatic carboxylic acids is 1. The SMILES string of the molecule is COc1ccc2ccc(S(=O)(=O)N(C)[C@H]3CCN(Cc4cc(C(=N)N)ccc4N)C3=O)cc2c1.O=C(O)C(F)(F)F. The molecule has 1 atom stereocenters. The van der Waals surface area contributed by atoms with E-state index < -0.39 is 28.2 Å². The number of alkyl halides is 3. The van der Waals surface area contributed by atoms with E-state index in [1.54, 1.807) is 54.5 Å². The number of benzene rings is 3. The molecule has 6 N–H and O–H groups in total. The fourth-order valence-electron chi connectivity index (χ4n) is 4.16. The van der Waals surface area contributed by atoms with Crippen LogP contribution in [0.2, 0.25) is 0 Å². The number of halogens is 3. The van der Waals surface area contributed by atoms with Crippen LogP contribution in [0, 0.1) is 5.41 Å². The number of carbonyl (C=O) groups excluding carboxylic acids is 1. The number of sulfonamides is 1. The Kier molecular flexibility index (Phi) is 9.13. The summed E-state index contributed by atoms with van der Waals surface area (Å²) in [6, 6.07) is 14.5. The molecule has 0 spiro atoms. The van der Waals surface area contributed by atoms with Crippen molar-refractivity contribution in [2.75, 3.05) is 26.4 Å². The maximum absolute atomic E-state index is 13.4. The molecule has 1 heterocycles. The first-order valence-corrected chi connectivity index (χ1v) is 13.4. The van der Waals surface area contributed by atoms with Gasteiger partial charge in [0.25, 0.3) is 0 Å². The Balaban J connectivity index is 0.000000587. The largest absolute Gasteiger partial charge is 0.497 e. The molecule has 1 aliphatic rings. The number of carboxylic acids is 1. The number of nitrogens with two attached hydrogens (primary N) is 2. The molecule has 3 aromatic carbocycles. The highest BCUT2D eigenvalue weighted by atomic mass is 32.2. The van der Waals surface area contributed by atoms with Crippen molar-refractivity contribution < 1.29 is 41.0 Å². The van der Waals surface area contributed by atoms with Gasteiger partial charge in [-0.25, -0.2) is 13.2 Å². The maximum Gasteiger partial charge on any atom is 0.490 e. The van der Waals surface area contributed by atoms with Gasteiger partial charge in [0.1, 0.15) is 17.6 Å². The Morgan fingerprint density at radius 2 is 1.78 bits per heavy atom. The maximum atomic E-state index is 13.4. The Hall–Kier alpha value is -4.37. The number of ether oxygens (including phenoxy) is 1. The molecule has 0 bridgehead atoms. The second-order valence-electron chi connectivity index (χ2n) is 9.09. The molecule has 0 aromatic heterocycles. The average Bonchev–Trinajstić information content (AvgIpc) is 3.27. The molecule has 3 aromatic rings. The summed E-state index contributed by atoms with van der Waals surface area (Å²) in [5, 5.41) is 16.4. The van der Waals surface area contributed by atoms with Gasteiger partial charge in [-0.05, 0) is 65.2 Å². The van der Waals surface area contributed by atoms with Gasteiger partial charge in [-0.15, -0.1) is 0 Å². The lowest BCUT2D eigenvalue weighted by atomic mass is 10.1. The topological polar surface area (TPSA) is 180 Å². The lowest BCUT2D eigenvalue weighted by Gasteiger charge is -2.24. The molecule has 0 radical (unpaired) electrons. The lowest BCUT2D eigenvalue weighted by Crippen LogP contribution is -2.42. The number of likely N-dealkylation sites (tertiary alicyclic amines) is 1. The molecule has 11 nitrogen and oxygen atoms in total. The van der Waals surface area contributed by atoms with Gasteiger partial charge in [0, 0.05) is 31.4 Å². The van der Waals surface area contributed by atoms with E-state index in [0.717, 1.165) is 15.1 Å². The minimum atomic E-state index is -5.08. The summed E-state index contributed by atoms with van der Waals surface area (Å²) in [5.74, 6) is -2.51. The second kappa shape index (κ2) is 12.0. The summed E-state index contributed by atoms with van der Waals surface area (Å²) in [4.78, 5) is 23.7. The standard InChI is InChI=1S/C24H27N5O4S.C2HF3O2/c1-28(34(31,32)20-7-4-15-3-6-19(33-2)12-17(15)13-20)22-9-10-29(24(22)30)14-18-11-16(23(26)27)5-8-21(18)25;3-2(4,5)1(6)7/h3-8,11-13,22H,9-10,14,25H2,1-2H3,(H3,26,27);(H,6,7)/t22-;/m0./s1. The van der Waals surface area contributed by atoms with Gasteiger partial charge < -0.3 is 26.2 Å². The zero-order valence-corrected chi connectivity index (χ0v) is 22.8. The predicted molar refractivity (Wildman–Crippen MR) is 145 cm³/mol. The van der Waals surface area contributed by atoms with Crippen LogP contribution in [0.3, 0.4) is 0 Å². The van der Waals surface area contributed by atoms with Crippen molar-refractivity contribution >= 4 is 44.2 Å². The minimum absolute atomic E-state index is 0.0919. The predicted octanol–water partition coefficient (Wildman–Crippen LogP) is 2.77. The molecular weight excluding hydrogens is 567 g/mol. The molecule has 15 heteroatoms. The fraction of sp³-hybridized carbons (Fsp3) is 0.269. The normalized spacial score (nSPS) is 15.5. The number of methoxy groups -OCH3 is 1. The monoisotopic (exact) mass is 595 g/mol. The lowest BCUT2D eigenvalue weighted by molar-refractivity contribution is -0.192. The van der Waals surface area contributed by atoms with Gasteiger partial charge in [0.05, 0.1) is 12.0 Å². The van der Waals surface area contributed by atoms with Crippen molar-refractivity contribution in [1.82, 2.24) is 9.21 Å². The van der Waals surface area contributed by atoms with Gasteiger partial charge in [-0.3, -0.25) is 10.2 Å². The Bertz CT molecular complexity index is 1600. The van der Waals surface area contributed by atoms with Crippen LogP contribution in [-0.4, -0.2) is 73.4 Å². The number of hydrogen-bond donors (Lipinski definition) is 4. The van der Waals surface area contributed by atoms with Gasteiger partial charge in [-0.1, -0.05) is 12.1 Å². The van der Waals surface area contributed by atoms with Crippen molar-refractivity contribution in [3.8, 4) is 5.75 Å². The van der Waals surface area contributed by atoms with E-state index in [4.69, 9.17) is 31.5 Å². The van der Waals surface area contributed by atoms with Gasteiger partial charge in [0.2, 0.25) is 15.9 Å². The molecule has 4 rings (SSSR count). The van der Waals surface area contributed by atoms with Gasteiger partial charge in [0.15, 0.2) is 0 Å². The van der Waals surface area contributed by atoms with Crippen LogP contribution in [0.15, 0.2) is 59.5 Å². The number of likely N-dealkylation sites (N-methyl/N-ethyl adjacent to an activating group) is 1. The third-order valence-corrected chi connectivity index (χ3v) is 8.32. The quantitative estimate of drug-likeness (QED) is 0.183. The summed E-state index contributed by atoms with van der Waals surface area (Å²) >= 11 is 0. The molecule has 41 heavy (non-hydrogen) atoms. The first-order chi connectivity index (χ1) is 19.1. The van der Waals surface area contributed by atoms with E-state index >= 15 is 0 Å². The highest BCUT2D eigenvalue weighted by Crippen LogP contribution is 2.29. The van der Waals surface area contributed by atoms with E-state index in [2.05, 4.69) is 0 Å². The fourth-order valence-corrected chi connectivity index (χ4v) is 5.54. The zero-order valence-electron chi connectivity index (χ0n) is 22.0. The van der Waals surface area contributed by atoms with Gasteiger partial charge >= 0.3 is 12.1 Å². The van der Waals surface area contributed by atoms with Crippen molar-refractivity contribution in [2.24, 2.45) is 5.73 Å². The number of fused-ring (bicyclic) bond motifs is 1. The summed E-state index contributed by atoms with van der Waals surface area (Å²) in [7, 11) is -0.928. The third-order valence-electron chi connectivity index (χ3n) is 6.46. The van der Waals surface area contributed by atoms with E-state index in [0.29, 0.717) is 35.5 Å². The summed E-state index contributed by atoms with van der Waals surface area (Å²) in [6.45, 7) is 0.605. The van der Waals surface area contributed by atoms with Crippen molar-refractivity contribution in [3.63, 3.8) is 0 Å². The first kappa shape index (κ1) is 31.2. The molecule has 1 amide bonds. The minimum Gasteiger partial charge on any atom is -0.497 e. The molecule has 1 saturated heterocycles. The van der Waals surface area contributed by atoms with Crippen molar-refractivity contribution in [1.29, 1.82) is 5.41 Å². The van der Waals surface area contributed by atoms with Crippen molar-refractivity contribution in [2.45, 2.75) is 30.1 Å². The third kappa shape index (κ3) is 7.05. The number of nitrogens with one attached hydrogen (secondary N) is 1. The van der Waals surface area contributed by atoms with E-state index in [-0.39, 0.29) is 23.2 Å². The smallest absolute Gasteiger partial charge is 0.490 e. The highest BCUT2D eigenvalue weighted by Gasteiger charge is 2.40. The van der Waals surface area contributed by atoms with Crippen LogP contribution >= 0.6 is 0 Å². The molecule has 0 unspecified atom stereocenters. The number of hydrogen-bond acceptors (Lipinski definition) is 7. The van der Waals surface area contributed by atoms with Gasteiger partial charge in [-0.2, -0.15) is 17.5 Å². The number of carboxylic acid groups (broad SMARTS) is 1. The van der Waals surface area contributed by atoms with Crippen LogP contribution in [-0.2, 0) is 26.2 Å². The second-order valence-corrected chi connectivity index (χ2v) is 11.1. The van der Waals surface area contributed by atoms with Crippen LogP contribution in [0.25, 0.3) is 10.8 Å². The number of nitrogens with zero attached hydrogens (tertiary/aromatic N) is 2. The van der Waals surface area contributed by atoms with Crippen molar-refractivity contribution in [3.05, 3.63) is 65.7 Å². The number of amidine groups is 1. The first-order valence-electron chi connectivity index (χ1n) is 11.9. The molecule has 1 aliphatic heterocycles.